The maximum Gasteiger partial charge on any atom is 0.283 e. The van der Waals surface area contributed by atoms with Crippen molar-refractivity contribution in [2.75, 3.05) is 51.8 Å². The smallest absolute Gasteiger partial charge is 0.283 e. The van der Waals surface area contributed by atoms with Crippen LogP contribution in [-0.2, 0) is 11.3 Å². The number of benzene rings is 1. The Morgan fingerprint density at radius 2 is 2.05 bits per heavy atom. The topological polar surface area (TPSA) is 115 Å². The van der Waals surface area contributed by atoms with Crippen LogP contribution < -0.4 is 15.8 Å². The lowest BCUT2D eigenvalue weighted by molar-refractivity contribution is -0.0688. The molecule has 1 aromatic carbocycles. The van der Waals surface area contributed by atoms with Gasteiger partial charge in [-0.2, -0.15) is 0 Å². The lowest BCUT2D eigenvalue weighted by Gasteiger charge is -2.22. The Hall–Kier alpha value is -4.42. The first-order valence-corrected chi connectivity index (χ1v) is 13.2. The number of nitrogens with two attached hydrogens (primary N) is 1. The van der Waals surface area contributed by atoms with E-state index in [1.165, 1.54) is 12.5 Å². The molecule has 3 aromatic heterocycles. The van der Waals surface area contributed by atoms with Crippen molar-refractivity contribution in [1.82, 2.24) is 24.3 Å². The molecule has 0 atom stereocenters. The molecular weight excluding hydrogens is 530 g/mol. The number of pyridine rings is 1. The van der Waals surface area contributed by atoms with Crippen molar-refractivity contribution in [2.45, 2.75) is 12.5 Å². The molecule has 0 spiro atoms. The van der Waals surface area contributed by atoms with E-state index >= 15 is 0 Å². The third-order valence-corrected chi connectivity index (χ3v) is 6.62. The third kappa shape index (κ3) is 7.21. The zero-order valence-corrected chi connectivity index (χ0v) is 22.7. The van der Waals surface area contributed by atoms with Gasteiger partial charge in [0.25, 0.3) is 5.92 Å². The van der Waals surface area contributed by atoms with Gasteiger partial charge in [0.05, 0.1) is 30.7 Å². The summed E-state index contributed by atoms with van der Waals surface area (Å²) >= 11 is 0. The highest BCUT2D eigenvalue weighted by Crippen LogP contribution is 2.24. The fraction of sp³-hybridized carbons (Fsp3) is 0.310. The molecule has 214 valence electrons. The Morgan fingerprint density at radius 1 is 1.20 bits per heavy atom. The van der Waals surface area contributed by atoms with Crippen molar-refractivity contribution in [1.29, 1.82) is 0 Å². The van der Waals surface area contributed by atoms with Gasteiger partial charge in [-0.15, -0.1) is 0 Å². The second-order valence-electron chi connectivity index (χ2n) is 9.62. The van der Waals surface area contributed by atoms with Crippen molar-refractivity contribution >= 4 is 23.3 Å². The molecule has 1 fully saturated rings. The second kappa shape index (κ2) is 12.8. The minimum atomic E-state index is -2.85. The predicted molar refractivity (Wildman–Crippen MR) is 154 cm³/mol. The molecule has 1 aliphatic rings. The Kier molecular flexibility index (Phi) is 8.80. The monoisotopic (exact) mass is 562 g/mol. The van der Waals surface area contributed by atoms with Crippen LogP contribution in [0, 0.1) is 0 Å². The van der Waals surface area contributed by atoms with Gasteiger partial charge in [0.2, 0.25) is 0 Å². The second-order valence-corrected chi connectivity index (χ2v) is 9.62. The van der Waals surface area contributed by atoms with Gasteiger partial charge in [0.1, 0.15) is 36.8 Å². The number of ether oxygens (including phenoxy) is 2. The standard InChI is InChI=1S/C29H32F2N8O2/c1-33-16-23(14-32)22-4-2-21(3-5-22)15-34-27-13-25(36-20-37-27)26-17-35-28-12-24(6-7-39(26)28)41-11-9-38-8-10-40-19-29(30,31)18-38/h2-7,12-14,16-17,20H,8-11,15,18-19,32H2,1H3,(H,34,36,37)/b23-14+,33-16?. The quantitative estimate of drug-likeness (QED) is 0.281. The molecule has 1 saturated heterocycles. The van der Waals surface area contributed by atoms with E-state index in [-0.39, 0.29) is 19.8 Å². The molecule has 0 bridgehead atoms. The van der Waals surface area contributed by atoms with Crippen LogP contribution in [0.5, 0.6) is 5.75 Å². The Labute approximate surface area is 236 Å². The number of allylic oxidation sites excluding steroid dienone is 1. The molecule has 10 nitrogen and oxygen atoms in total. The summed E-state index contributed by atoms with van der Waals surface area (Å²) in [6.07, 6.45) is 8.37. The maximum atomic E-state index is 13.8. The summed E-state index contributed by atoms with van der Waals surface area (Å²) in [5.74, 6) is -1.56. The first kappa shape index (κ1) is 28.1. The molecule has 0 saturated carbocycles. The number of alkyl halides is 2. The predicted octanol–water partition coefficient (Wildman–Crippen LogP) is 3.75. The molecule has 0 unspecified atom stereocenters. The minimum Gasteiger partial charge on any atom is -0.492 e. The van der Waals surface area contributed by atoms with Gasteiger partial charge in [-0.3, -0.25) is 14.3 Å². The fourth-order valence-corrected chi connectivity index (χ4v) is 4.55. The summed E-state index contributed by atoms with van der Waals surface area (Å²) in [6, 6.07) is 13.6. The van der Waals surface area contributed by atoms with Crippen molar-refractivity contribution in [3.63, 3.8) is 0 Å². The molecule has 0 aliphatic carbocycles. The van der Waals surface area contributed by atoms with Crippen LogP contribution in [0.25, 0.3) is 22.6 Å². The Balaban J connectivity index is 1.20. The van der Waals surface area contributed by atoms with Gasteiger partial charge in [-0.1, -0.05) is 24.3 Å². The van der Waals surface area contributed by atoms with Gasteiger partial charge in [0, 0.05) is 63.0 Å². The first-order chi connectivity index (χ1) is 19.9. The fourth-order valence-electron chi connectivity index (χ4n) is 4.55. The minimum absolute atomic E-state index is 0.279. The van der Waals surface area contributed by atoms with E-state index in [1.54, 1.807) is 24.4 Å². The highest BCUT2D eigenvalue weighted by molar-refractivity contribution is 6.09. The van der Waals surface area contributed by atoms with Gasteiger partial charge < -0.3 is 20.5 Å². The number of imidazole rings is 1. The number of nitrogens with zero attached hydrogens (tertiary/aromatic N) is 6. The third-order valence-electron chi connectivity index (χ3n) is 6.62. The molecule has 5 rings (SSSR count). The lowest BCUT2D eigenvalue weighted by atomic mass is 10.1. The van der Waals surface area contributed by atoms with E-state index in [4.69, 9.17) is 15.2 Å². The van der Waals surface area contributed by atoms with Crippen LogP contribution in [0.4, 0.5) is 14.6 Å². The summed E-state index contributed by atoms with van der Waals surface area (Å²) in [5, 5.41) is 3.34. The Morgan fingerprint density at radius 3 is 2.85 bits per heavy atom. The number of halogens is 2. The lowest BCUT2D eigenvalue weighted by Crippen LogP contribution is -2.39. The zero-order valence-electron chi connectivity index (χ0n) is 22.7. The van der Waals surface area contributed by atoms with Crippen LogP contribution in [0.15, 0.2) is 72.4 Å². The largest absolute Gasteiger partial charge is 0.492 e. The zero-order chi connectivity index (χ0) is 28.7. The van der Waals surface area contributed by atoms with Gasteiger partial charge in [0.15, 0.2) is 0 Å². The van der Waals surface area contributed by atoms with Crippen LogP contribution in [0.2, 0.25) is 0 Å². The van der Waals surface area contributed by atoms with E-state index in [0.29, 0.717) is 42.5 Å². The maximum absolute atomic E-state index is 13.8. The van der Waals surface area contributed by atoms with Gasteiger partial charge in [-0.05, 0) is 17.2 Å². The molecule has 3 N–H and O–H groups in total. The summed E-state index contributed by atoms with van der Waals surface area (Å²) in [7, 11) is 1.71. The molecular formula is C29H32F2N8O2. The van der Waals surface area contributed by atoms with E-state index in [1.807, 2.05) is 53.1 Å². The number of aliphatic imine (C=N–C) groups is 1. The van der Waals surface area contributed by atoms with Crippen molar-refractivity contribution < 1.29 is 18.3 Å². The number of hydrogen-bond acceptors (Lipinski definition) is 9. The number of fused-ring (bicyclic) bond motifs is 1. The highest BCUT2D eigenvalue weighted by Gasteiger charge is 2.34. The molecule has 41 heavy (non-hydrogen) atoms. The first-order valence-electron chi connectivity index (χ1n) is 13.2. The van der Waals surface area contributed by atoms with E-state index < -0.39 is 12.5 Å². The molecule has 4 heterocycles. The summed E-state index contributed by atoms with van der Waals surface area (Å²) in [4.78, 5) is 19.0. The molecule has 1 aliphatic heterocycles. The summed E-state index contributed by atoms with van der Waals surface area (Å²) in [5.41, 5.74) is 10.8. The summed E-state index contributed by atoms with van der Waals surface area (Å²) < 4.78 is 40.3. The average molecular weight is 563 g/mol. The number of rotatable bonds is 10. The molecule has 4 aromatic rings. The SMILES string of the molecule is CN=C/C(=C\N)c1ccc(CNc2cc(-c3cnc4cc(OCCN5CCOCC(F)(F)C5)ccn34)ncn2)cc1. The molecule has 0 radical (unpaired) electrons. The number of hydrogen-bond donors (Lipinski definition) is 2. The van der Waals surface area contributed by atoms with Crippen molar-refractivity contribution in [3.05, 3.63) is 78.5 Å². The van der Waals surface area contributed by atoms with Crippen LogP contribution in [-0.4, -0.2) is 82.9 Å². The van der Waals surface area contributed by atoms with Crippen LogP contribution in [0.1, 0.15) is 11.1 Å². The van der Waals surface area contributed by atoms with Gasteiger partial charge in [-0.25, -0.2) is 23.7 Å². The highest BCUT2D eigenvalue weighted by atomic mass is 19.3. The van der Waals surface area contributed by atoms with E-state index in [2.05, 4.69) is 25.3 Å². The van der Waals surface area contributed by atoms with Crippen LogP contribution in [0.3, 0.4) is 0 Å². The van der Waals surface area contributed by atoms with Crippen molar-refractivity contribution in [3.8, 4) is 17.1 Å². The molecule has 12 heteroatoms. The summed E-state index contributed by atoms with van der Waals surface area (Å²) in [6.45, 7) is 1.11. The van der Waals surface area contributed by atoms with E-state index in [0.717, 1.165) is 22.4 Å². The Bertz CT molecular complexity index is 1520. The van der Waals surface area contributed by atoms with Gasteiger partial charge >= 0.3 is 0 Å². The molecule has 0 amide bonds. The van der Waals surface area contributed by atoms with Crippen LogP contribution >= 0.6 is 0 Å². The average Bonchev–Trinajstić information content (AvgIpc) is 3.32. The van der Waals surface area contributed by atoms with E-state index in [9.17, 15) is 8.78 Å². The number of nitrogens with one attached hydrogen (secondary N) is 1. The normalized spacial score (nSPS) is 16.2. The van der Waals surface area contributed by atoms with Crippen molar-refractivity contribution in [2.24, 2.45) is 10.7 Å². The number of aromatic nitrogens is 4. The number of anilines is 1.